The average molecular weight is 355 g/mol. The highest BCUT2D eigenvalue weighted by Gasteiger charge is 2.14. The van der Waals surface area contributed by atoms with Crippen molar-refractivity contribution >= 4 is 16.9 Å². The van der Waals surface area contributed by atoms with Crippen LogP contribution in [0.2, 0.25) is 0 Å². The number of benzene rings is 1. The first-order valence-electron chi connectivity index (χ1n) is 8.27. The van der Waals surface area contributed by atoms with E-state index in [2.05, 4.69) is 21.5 Å². The van der Waals surface area contributed by atoms with Crippen LogP contribution in [-0.4, -0.2) is 45.5 Å². The summed E-state index contributed by atoms with van der Waals surface area (Å²) in [4.78, 5) is 28.9. The van der Waals surface area contributed by atoms with E-state index in [1.807, 2.05) is 26.0 Å². The summed E-state index contributed by atoms with van der Waals surface area (Å²) < 4.78 is 7.80. The van der Waals surface area contributed by atoms with Crippen molar-refractivity contribution in [3.8, 4) is 5.69 Å². The number of methoxy groups -OCH3 is 1. The Morgan fingerprint density at radius 3 is 2.85 bits per heavy atom. The maximum Gasteiger partial charge on any atom is 0.264 e. The fourth-order valence-electron chi connectivity index (χ4n) is 2.78. The summed E-state index contributed by atoms with van der Waals surface area (Å²) in [5, 5.41) is 7.37. The van der Waals surface area contributed by atoms with Crippen LogP contribution in [0, 0.1) is 13.8 Å². The molecule has 0 atom stereocenters. The maximum atomic E-state index is 12.6. The lowest BCUT2D eigenvalue weighted by Crippen LogP contribution is -2.34. The predicted octanol–water partition coefficient (Wildman–Crippen LogP) is 0.962. The number of amides is 1. The summed E-state index contributed by atoms with van der Waals surface area (Å²) in [7, 11) is 1.56. The second kappa shape index (κ2) is 7.49. The van der Waals surface area contributed by atoms with Gasteiger partial charge in [-0.3, -0.25) is 14.2 Å². The van der Waals surface area contributed by atoms with Gasteiger partial charge in [-0.05, 0) is 25.5 Å². The Balaban J connectivity index is 1.92. The Hall–Kier alpha value is -3.00. The molecule has 0 saturated heterocycles. The average Bonchev–Trinajstić information content (AvgIpc) is 3.02. The number of hydrogen-bond donors (Lipinski definition) is 1. The molecule has 1 amide bonds. The lowest BCUT2D eigenvalue weighted by atomic mass is 10.1. The Labute approximate surface area is 150 Å². The molecule has 136 valence electrons. The monoisotopic (exact) mass is 355 g/mol. The van der Waals surface area contributed by atoms with Gasteiger partial charge in [-0.2, -0.15) is 5.10 Å². The molecule has 8 heteroatoms. The molecule has 1 aromatic carbocycles. The quantitative estimate of drug-likeness (QED) is 0.665. The Bertz CT molecular complexity index is 1010. The topological polar surface area (TPSA) is 91.0 Å². The molecule has 0 fully saturated rings. The van der Waals surface area contributed by atoms with Crippen LogP contribution in [0.1, 0.15) is 11.1 Å². The minimum Gasteiger partial charge on any atom is -0.383 e. The number of rotatable bonds is 6. The second-order valence-corrected chi connectivity index (χ2v) is 6.10. The van der Waals surface area contributed by atoms with Gasteiger partial charge < -0.3 is 10.1 Å². The van der Waals surface area contributed by atoms with E-state index in [1.54, 1.807) is 11.8 Å². The lowest BCUT2D eigenvalue weighted by Gasteiger charge is -2.09. The fraction of sp³-hybridized carbons (Fsp3) is 0.333. The highest BCUT2D eigenvalue weighted by Crippen LogP contribution is 2.18. The molecule has 26 heavy (non-hydrogen) atoms. The summed E-state index contributed by atoms with van der Waals surface area (Å²) >= 11 is 0. The summed E-state index contributed by atoms with van der Waals surface area (Å²) in [6, 6.07) is 5.99. The van der Waals surface area contributed by atoms with Crippen molar-refractivity contribution in [1.29, 1.82) is 0 Å². The molecule has 0 saturated carbocycles. The van der Waals surface area contributed by atoms with E-state index in [0.29, 0.717) is 24.2 Å². The van der Waals surface area contributed by atoms with E-state index < -0.39 is 0 Å². The Morgan fingerprint density at radius 2 is 2.12 bits per heavy atom. The zero-order valence-electron chi connectivity index (χ0n) is 15.0. The van der Waals surface area contributed by atoms with Crippen molar-refractivity contribution in [2.45, 2.75) is 20.4 Å². The van der Waals surface area contributed by atoms with Crippen LogP contribution >= 0.6 is 0 Å². The highest BCUT2D eigenvalue weighted by molar-refractivity contribution is 5.78. The van der Waals surface area contributed by atoms with Gasteiger partial charge in [0.25, 0.3) is 5.56 Å². The number of carbonyl (C=O) groups excluding carboxylic acids is 1. The van der Waals surface area contributed by atoms with Crippen LogP contribution in [0.4, 0.5) is 0 Å². The number of nitrogens with zero attached hydrogens (tertiary/aromatic N) is 4. The summed E-state index contributed by atoms with van der Waals surface area (Å²) in [6.45, 7) is 4.72. The first-order valence-corrected chi connectivity index (χ1v) is 8.27. The molecule has 1 N–H and O–H groups in total. The lowest BCUT2D eigenvalue weighted by molar-refractivity contribution is -0.121. The first kappa shape index (κ1) is 17.8. The number of carbonyl (C=O) groups is 1. The van der Waals surface area contributed by atoms with Crippen LogP contribution in [0.3, 0.4) is 0 Å². The number of nitrogens with one attached hydrogen (secondary N) is 1. The van der Waals surface area contributed by atoms with Gasteiger partial charge in [0.1, 0.15) is 18.3 Å². The molecule has 8 nitrogen and oxygen atoms in total. The standard InChI is InChI=1S/C18H21N5O3/c1-12-4-5-15(13(2)8-12)23-17-14(9-21-23)18(25)22(11-20-17)10-16(24)19-6-7-26-3/h4-5,8-9,11H,6-7,10H2,1-3H3,(H,19,24). The minimum atomic E-state index is -0.298. The molecular weight excluding hydrogens is 334 g/mol. The van der Waals surface area contributed by atoms with E-state index in [9.17, 15) is 9.59 Å². The van der Waals surface area contributed by atoms with Crippen LogP contribution in [0.15, 0.2) is 35.5 Å². The molecule has 0 aliphatic rings. The SMILES string of the molecule is COCCNC(=O)Cn1cnc2c(cnn2-c2ccc(C)cc2C)c1=O. The van der Waals surface area contributed by atoms with E-state index >= 15 is 0 Å². The van der Waals surface area contributed by atoms with Gasteiger partial charge in [0.15, 0.2) is 5.65 Å². The van der Waals surface area contributed by atoms with Gasteiger partial charge in [0.2, 0.25) is 5.91 Å². The molecule has 0 bridgehead atoms. The number of hydrogen-bond acceptors (Lipinski definition) is 5. The van der Waals surface area contributed by atoms with Gasteiger partial charge in [0.05, 0.1) is 18.5 Å². The Kier molecular flexibility index (Phi) is 5.13. The maximum absolute atomic E-state index is 12.6. The third-order valence-electron chi connectivity index (χ3n) is 4.08. The van der Waals surface area contributed by atoms with Crippen LogP contribution in [0.25, 0.3) is 16.7 Å². The van der Waals surface area contributed by atoms with E-state index in [4.69, 9.17) is 4.74 Å². The van der Waals surface area contributed by atoms with Gasteiger partial charge >= 0.3 is 0 Å². The summed E-state index contributed by atoms with van der Waals surface area (Å²) in [5.41, 5.74) is 3.23. The first-order chi connectivity index (χ1) is 12.5. The zero-order chi connectivity index (χ0) is 18.7. The molecule has 0 radical (unpaired) electrons. The number of ether oxygens (including phenoxy) is 1. The molecular formula is C18H21N5O3. The van der Waals surface area contributed by atoms with Gasteiger partial charge in [0, 0.05) is 13.7 Å². The van der Waals surface area contributed by atoms with Crippen molar-refractivity contribution in [2.24, 2.45) is 0 Å². The van der Waals surface area contributed by atoms with Gasteiger partial charge in [-0.15, -0.1) is 0 Å². The predicted molar refractivity (Wildman–Crippen MR) is 97.5 cm³/mol. The van der Waals surface area contributed by atoms with Crippen LogP contribution in [-0.2, 0) is 16.1 Å². The highest BCUT2D eigenvalue weighted by atomic mass is 16.5. The van der Waals surface area contributed by atoms with Crippen molar-refractivity contribution in [3.63, 3.8) is 0 Å². The molecule has 2 heterocycles. The molecule has 0 spiro atoms. The van der Waals surface area contributed by atoms with E-state index in [-0.39, 0.29) is 18.0 Å². The summed E-state index contributed by atoms with van der Waals surface area (Å²) in [6.07, 6.45) is 2.87. The molecule has 0 aliphatic heterocycles. The molecule has 2 aromatic heterocycles. The molecule has 0 unspecified atom stereocenters. The van der Waals surface area contributed by atoms with Crippen molar-refractivity contribution in [2.75, 3.05) is 20.3 Å². The van der Waals surface area contributed by atoms with E-state index in [0.717, 1.165) is 16.8 Å². The number of aryl methyl sites for hydroxylation is 2. The minimum absolute atomic E-state index is 0.0970. The van der Waals surface area contributed by atoms with Gasteiger partial charge in [-0.1, -0.05) is 17.7 Å². The molecule has 3 aromatic rings. The summed E-state index contributed by atoms with van der Waals surface area (Å²) in [5.74, 6) is -0.271. The van der Waals surface area contributed by atoms with Gasteiger partial charge in [-0.25, -0.2) is 9.67 Å². The van der Waals surface area contributed by atoms with Crippen molar-refractivity contribution < 1.29 is 9.53 Å². The van der Waals surface area contributed by atoms with Crippen molar-refractivity contribution in [3.05, 3.63) is 52.2 Å². The van der Waals surface area contributed by atoms with E-state index in [1.165, 1.54) is 17.1 Å². The number of fused-ring (bicyclic) bond motifs is 1. The van der Waals surface area contributed by atoms with Crippen LogP contribution in [0.5, 0.6) is 0 Å². The zero-order valence-corrected chi connectivity index (χ0v) is 15.0. The normalized spacial score (nSPS) is 11.0. The van der Waals surface area contributed by atoms with Crippen molar-refractivity contribution in [1.82, 2.24) is 24.6 Å². The second-order valence-electron chi connectivity index (χ2n) is 6.10. The Morgan fingerprint density at radius 1 is 1.31 bits per heavy atom. The van der Waals surface area contributed by atoms with Crippen LogP contribution < -0.4 is 10.9 Å². The molecule has 0 aliphatic carbocycles. The fourth-order valence-corrected chi connectivity index (χ4v) is 2.78. The largest absolute Gasteiger partial charge is 0.383 e. The molecule has 3 rings (SSSR count). The number of aromatic nitrogens is 4. The third kappa shape index (κ3) is 3.50. The third-order valence-corrected chi connectivity index (χ3v) is 4.08. The smallest absolute Gasteiger partial charge is 0.264 e.